The normalized spacial score (nSPS) is 13.8. The molecule has 278 valence electrons. The number of rotatable bonds is 5. The molecule has 0 bridgehead atoms. The van der Waals surface area contributed by atoms with Crippen molar-refractivity contribution in [3.05, 3.63) is 198 Å². The fraction of sp³-hybridized carbons (Fsp3) is 0.0588. The molecule has 0 unspecified atom stereocenters. The molecule has 0 fully saturated rings. The molecule has 0 aromatic heterocycles. The van der Waals surface area contributed by atoms with E-state index < -0.39 is 5.41 Å². The van der Waals surface area contributed by atoms with Gasteiger partial charge in [0.2, 0.25) is 0 Å². The summed E-state index contributed by atoms with van der Waals surface area (Å²) >= 11 is 0. The largest absolute Gasteiger partial charge is 0.458 e. The molecule has 0 spiro atoms. The standard InChI is InChI=1S/C51H34BF3N2O/c1-51(2)40-28-37(56(35-20-16-33(53)17-21-35)36-22-18-34(54)19-23-36)24-25-38(40)39-29-49-43(30-41(39)51)52-42-27-32(31-9-4-3-5-10-31)15-26-45(42)57(46-12-7-6-11-44(46)55)47-13-8-14-48(58-49)50(47)52/h3-30H,1-2H3. The van der Waals surface area contributed by atoms with E-state index in [4.69, 9.17) is 4.74 Å². The van der Waals surface area contributed by atoms with Crippen LogP contribution in [-0.2, 0) is 5.41 Å². The zero-order chi connectivity index (χ0) is 39.3. The molecule has 0 radical (unpaired) electrons. The summed E-state index contributed by atoms with van der Waals surface area (Å²) in [4.78, 5) is 4.06. The molecule has 11 rings (SSSR count). The van der Waals surface area contributed by atoms with Gasteiger partial charge in [0, 0.05) is 33.9 Å². The first-order chi connectivity index (χ1) is 28.2. The molecule has 2 aliphatic heterocycles. The molecule has 3 nitrogen and oxygen atoms in total. The van der Waals surface area contributed by atoms with Crippen LogP contribution in [0.3, 0.4) is 0 Å². The van der Waals surface area contributed by atoms with Crippen molar-refractivity contribution in [2.24, 2.45) is 0 Å². The van der Waals surface area contributed by atoms with Crippen LogP contribution in [0.5, 0.6) is 11.5 Å². The van der Waals surface area contributed by atoms with Gasteiger partial charge in [-0.05, 0) is 147 Å². The van der Waals surface area contributed by atoms with Gasteiger partial charge in [0.25, 0.3) is 6.71 Å². The topological polar surface area (TPSA) is 15.7 Å². The van der Waals surface area contributed by atoms with E-state index in [1.165, 1.54) is 35.9 Å². The zero-order valence-corrected chi connectivity index (χ0v) is 31.7. The van der Waals surface area contributed by atoms with E-state index in [1.807, 2.05) is 52.3 Å². The third-order valence-corrected chi connectivity index (χ3v) is 12.1. The van der Waals surface area contributed by atoms with E-state index in [0.717, 1.165) is 84.1 Å². The van der Waals surface area contributed by atoms with Crippen LogP contribution in [0, 0.1) is 17.5 Å². The average molecular weight is 759 g/mol. The molecule has 0 atom stereocenters. The first kappa shape index (κ1) is 34.3. The lowest BCUT2D eigenvalue weighted by Gasteiger charge is -2.40. The summed E-state index contributed by atoms with van der Waals surface area (Å²) in [6.07, 6.45) is 0. The Kier molecular flexibility index (Phi) is 7.55. The maximum Gasteiger partial charge on any atom is 0.256 e. The van der Waals surface area contributed by atoms with Gasteiger partial charge in [-0.2, -0.15) is 0 Å². The second-order valence-corrected chi connectivity index (χ2v) is 15.7. The summed E-state index contributed by atoms with van der Waals surface area (Å²) in [5, 5.41) is 0. The van der Waals surface area contributed by atoms with Gasteiger partial charge in [0.1, 0.15) is 29.0 Å². The van der Waals surface area contributed by atoms with Crippen LogP contribution in [0.4, 0.5) is 47.3 Å². The quantitative estimate of drug-likeness (QED) is 0.163. The summed E-state index contributed by atoms with van der Waals surface area (Å²) in [7, 11) is 0. The first-order valence-electron chi connectivity index (χ1n) is 19.4. The number of benzene rings is 8. The minimum Gasteiger partial charge on any atom is -0.458 e. The van der Waals surface area contributed by atoms with E-state index in [9.17, 15) is 8.78 Å². The second-order valence-electron chi connectivity index (χ2n) is 15.7. The van der Waals surface area contributed by atoms with Crippen LogP contribution in [0.1, 0.15) is 25.0 Å². The van der Waals surface area contributed by atoms with E-state index in [1.54, 1.807) is 30.3 Å². The average Bonchev–Trinajstić information content (AvgIpc) is 3.46. The molecule has 7 heteroatoms. The summed E-state index contributed by atoms with van der Waals surface area (Å²) < 4.78 is 50.9. The molecule has 8 aromatic rings. The Hall–Kier alpha value is -6.99. The number of hydrogen-bond donors (Lipinski definition) is 0. The van der Waals surface area contributed by atoms with Gasteiger partial charge in [-0.25, -0.2) is 13.2 Å². The highest BCUT2D eigenvalue weighted by atomic mass is 19.1. The lowest BCUT2D eigenvalue weighted by Crippen LogP contribution is -2.59. The number of anilines is 6. The smallest absolute Gasteiger partial charge is 0.256 e. The summed E-state index contributed by atoms with van der Waals surface area (Å²) in [6, 6.07) is 53.5. The number of fused-ring (bicyclic) bond motifs is 7. The van der Waals surface area contributed by atoms with Crippen LogP contribution in [0.15, 0.2) is 170 Å². The van der Waals surface area contributed by atoms with Gasteiger partial charge in [0.05, 0.1) is 5.69 Å². The summed E-state index contributed by atoms with van der Waals surface area (Å²) in [5.41, 5.74) is 14.1. The molecule has 58 heavy (non-hydrogen) atoms. The molecule has 0 saturated carbocycles. The first-order valence-corrected chi connectivity index (χ1v) is 19.4. The predicted molar refractivity (Wildman–Crippen MR) is 230 cm³/mol. The Morgan fingerprint density at radius 1 is 0.500 bits per heavy atom. The second kappa shape index (κ2) is 12.8. The Bertz CT molecular complexity index is 2900. The highest BCUT2D eigenvalue weighted by Crippen LogP contribution is 2.52. The van der Waals surface area contributed by atoms with Crippen molar-refractivity contribution in [3.8, 4) is 33.8 Å². The summed E-state index contributed by atoms with van der Waals surface area (Å²) in [6.45, 7) is 4.31. The lowest BCUT2D eigenvalue weighted by molar-refractivity contribution is 0.487. The molecule has 8 aromatic carbocycles. The molecule has 0 N–H and O–H groups in total. The van der Waals surface area contributed by atoms with Crippen molar-refractivity contribution in [2.75, 3.05) is 9.80 Å². The van der Waals surface area contributed by atoms with Gasteiger partial charge in [-0.3, -0.25) is 0 Å². The number of nitrogens with zero attached hydrogens (tertiary/aromatic N) is 2. The van der Waals surface area contributed by atoms with Crippen LogP contribution < -0.4 is 30.9 Å². The van der Waals surface area contributed by atoms with Crippen LogP contribution in [0.25, 0.3) is 22.3 Å². The number of para-hydroxylation sites is 1. The highest BCUT2D eigenvalue weighted by Gasteiger charge is 2.45. The van der Waals surface area contributed by atoms with Crippen LogP contribution in [0.2, 0.25) is 0 Å². The van der Waals surface area contributed by atoms with Crippen molar-refractivity contribution in [1.29, 1.82) is 0 Å². The van der Waals surface area contributed by atoms with Gasteiger partial charge < -0.3 is 14.5 Å². The predicted octanol–water partition coefficient (Wildman–Crippen LogP) is 12.0. The number of halogens is 3. The Labute approximate surface area is 335 Å². The van der Waals surface area contributed by atoms with E-state index in [2.05, 4.69) is 80.6 Å². The maximum atomic E-state index is 15.8. The number of ether oxygens (including phenoxy) is 1. The molecular weight excluding hydrogens is 724 g/mol. The fourth-order valence-corrected chi connectivity index (χ4v) is 9.37. The molecule has 3 aliphatic rings. The Balaban J connectivity index is 1.09. The van der Waals surface area contributed by atoms with E-state index in [0.29, 0.717) is 5.69 Å². The maximum absolute atomic E-state index is 15.8. The van der Waals surface area contributed by atoms with E-state index >= 15 is 4.39 Å². The minimum atomic E-state index is -0.421. The monoisotopic (exact) mass is 758 g/mol. The van der Waals surface area contributed by atoms with Gasteiger partial charge in [-0.1, -0.05) is 86.6 Å². The van der Waals surface area contributed by atoms with Crippen LogP contribution >= 0.6 is 0 Å². The van der Waals surface area contributed by atoms with Gasteiger partial charge in [-0.15, -0.1) is 0 Å². The molecule has 1 aliphatic carbocycles. The SMILES string of the molecule is CC1(C)c2cc(N(c3ccc(F)cc3)c3ccc(F)cc3)ccc2-c2cc3c(cc21)B1c2cc(-c4ccccc4)ccc2N(c2ccccc2F)c2cccc(c21)O3. The molecular formula is C51H34BF3N2O. The Morgan fingerprint density at radius 2 is 1.16 bits per heavy atom. The van der Waals surface area contributed by atoms with Crippen molar-refractivity contribution < 1.29 is 17.9 Å². The minimum absolute atomic E-state index is 0.190. The van der Waals surface area contributed by atoms with Crippen molar-refractivity contribution in [2.45, 2.75) is 19.3 Å². The third-order valence-electron chi connectivity index (χ3n) is 12.1. The van der Waals surface area contributed by atoms with Crippen molar-refractivity contribution >= 4 is 57.2 Å². The lowest BCUT2D eigenvalue weighted by atomic mass is 9.34. The fourth-order valence-electron chi connectivity index (χ4n) is 9.37. The van der Waals surface area contributed by atoms with Gasteiger partial charge >= 0.3 is 0 Å². The highest BCUT2D eigenvalue weighted by molar-refractivity contribution is 6.99. The van der Waals surface area contributed by atoms with Gasteiger partial charge in [0.15, 0.2) is 0 Å². The Morgan fingerprint density at radius 3 is 1.88 bits per heavy atom. The van der Waals surface area contributed by atoms with Crippen molar-refractivity contribution in [1.82, 2.24) is 0 Å². The van der Waals surface area contributed by atoms with Crippen molar-refractivity contribution in [3.63, 3.8) is 0 Å². The van der Waals surface area contributed by atoms with Crippen LogP contribution in [-0.4, -0.2) is 6.71 Å². The molecule has 2 heterocycles. The summed E-state index contributed by atoms with van der Waals surface area (Å²) in [5.74, 6) is 0.573. The third kappa shape index (κ3) is 5.16. The molecule has 0 amide bonds. The number of hydrogen-bond acceptors (Lipinski definition) is 3. The molecule has 0 saturated heterocycles. The zero-order valence-electron chi connectivity index (χ0n) is 31.7. The van der Waals surface area contributed by atoms with E-state index in [-0.39, 0.29) is 24.2 Å².